The highest BCUT2D eigenvalue weighted by molar-refractivity contribution is 8.00. The highest BCUT2D eigenvalue weighted by Gasteiger charge is 2.21. The number of aromatic nitrogens is 3. The van der Waals surface area contributed by atoms with Gasteiger partial charge in [0.2, 0.25) is 5.91 Å². The number of carbonyl (C=O) groups excluding carboxylic acids is 1. The lowest BCUT2D eigenvalue weighted by Crippen LogP contribution is -2.32. The molecule has 0 saturated carbocycles. The van der Waals surface area contributed by atoms with E-state index in [1.807, 2.05) is 60.0 Å². The number of thioether (sulfide) groups is 1. The average Bonchev–Trinajstić information content (AvgIpc) is 3.14. The highest BCUT2D eigenvalue weighted by Crippen LogP contribution is 2.26. The predicted octanol–water partition coefficient (Wildman–Crippen LogP) is 3.49. The Morgan fingerprint density at radius 2 is 1.79 bits per heavy atom. The van der Waals surface area contributed by atoms with Gasteiger partial charge in [-0.2, -0.15) is 0 Å². The van der Waals surface area contributed by atoms with Gasteiger partial charge >= 0.3 is 0 Å². The number of amides is 1. The summed E-state index contributed by atoms with van der Waals surface area (Å²) in [4.78, 5) is 12.4. The van der Waals surface area contributed by atoms with E-state index in [0.29, 0.717) is 24.7 Å². The van der Waals surface area contributed by atoms with E-state index >= 15 is 0 Å². The molecule has 1 amide bonds. The molecule has 1 atom stereocenters. The zero-order chi connectivity index (χ0) is 20.5. The molecule has 1 N–H and O–H groups in total. The van der Waals surface area contributed by atoms with E-state index in [1.165, 1.54) is 11.8 Å². The van der Waals surface area contributed by atoms with Gasteiger partial charge in [-0.15, -0.1) is 10.2 Å². The second-order valence-electron chi connectivity index (χ2n) is 6.63. The minimum absolute atomic E-state index is 0.0154. The maximum atomic E-state index is 12.4. The minimum atomic E-state index is -0.284. The summed E-state index contributed by atoms with van der Waals surface area (Å²) in [5, 5.41) is 12.2. The molecule has 0 aliphatic carbocycles. The molecule has 152 valence electrons. The fourth-order valence-electron chi connectivity index (χ4n) is 2.89. The van der Waals surface area contributed by atoms with Crippen molar-refractivity contribution in [1.82, 2.24) is 20.1 Å². The van der Waals surface area contributed by atoms with Crippen molar-refractivity contribution in [2.45, 2.75) is 30.2 Å². The summed E-state index contributed by atoms with van der Waals surface area (Å²) in [5.74, 6) is 0.830. The third-order valence-corrected chi connectivity index (χ3v) is 5.44. The van der Waals surface area contributed by atoms with Crippen molar-refractivity contribution in [1.29, 1.82) is 0 Å². The Morgan fingerprint density at radius 3 is 2.48 bits per heavy atom. The molecule has 0 aliphatic rings. The van der Waals surface area contributed by atoms with Crippen molar-refractivity contribution in [2.24, 2.45) is 0 Å². The van der Waals surface area contributed by atoms with Crippen LogP contribution in [0.15, 0.2) is 65.8 Å². The number of para-hydroxylation sites is 1. The van der Waals surface area contributed by atoms with Crippen molar-refractivity contribution < 1.29 is 9.53 Å². The van der Waals surface area contributed by atoms with Crippen molar-refractivity contribution in [3.63, 3.8) is 0 Å². The van der Waals surface area contributed by atoms with E-state index in [4.69, 9.17) is 4.74 Å². The van der Waals surface area contributed by atoms with Gasteiger partial charge in [0.05, 0.1) is 5.25 Å². The Hall–Kier alpha value is -2.64. The maximum Gasteiger partial charge on any atom is 0.233 e. The normalized spacial score (nSPS) is 11.9. The SMILES string of the molecule is COCCCNC(=O)C(C)Sc1nnc(Cc2ccccc2)n1-c1ccccc1. The van der Waals surface area contributed by atoms with E-state index in [0.717, 1.165) is 23.5 Å². The molecular weight excluding hydrogens is 384 g/mol. The molecule has 3 rings (SSSR count). The van der Waals surface area contributed by atoms with Gasteiger partial charge in [-0.3, -0.25) is 9.36 Å². The van der Waals surface area contributed by atoms with Crippen LogP contribution in [-0.2, 0) is 16.0 Å². The first-order valence-electron chi connectivity index (χ1n) is 9.66. The average molecular weight is 411 g/mol. The van der Waals surface area contributed by atoms with E-state index < -0.39 is 0 Å². The van der Waals surface area contributed by atoms with Gasteiger partial charge in [0.25, 0.3) is 0 Å². The molecule has 0 fully saturated rings. The summed E-state index contributed by atoms with van der Waals surface area (Å²) >= 11 is 1.41. The Labute approximate surface area is 175 Å². The fraction of sp³-hybridized carbons (Fsp3) is 0.318. The molecule has 1 heterocycles. The van der Waals surface area contributed by atoms with Crippen LogP contribution in [-0.4, -0.2) is 46.2 Å². The second-order valence-corrected chi connectivity index (χ2v) is 7.94. The Bertz CT molecular complexity index is 900. The number of carbonyl (C=O) groups is 1. The van der Waals surface area contributed by atoms with Crippen molar-refractivity contribution in [3.05, 3.63) is 72.1 Å². The molecule has 0 bridgehead atoms. The first kappa shape index (κ1) is 21.1. The zero-order valence-corrected chi connectivity index (χ0v) is 17.6. The molecule has 1 unspecified atom stereocenters. The molecule has 0 radical (unpaired) electrons. The second kappa shape index (κ2) is 10.8. The fourth-order valence-corrected chi connectivity index (χ4v) is 3.80. The topological polar surface area (TPSA) is 69.0 Å². The first-order valence-corrected chi connectivity index (χ1v) is 10.5. The Kier molecular flexibility index (Phi) is 7.84. The highest BCUT2D eigenvalue weighted by atomic mass is 32.2. The molecule has 3 aromatic rings. The Balaban J connectivity index is 1.78. The molecule has 1 aromatic heterocycles. The van der Waals surface area contributed by atoms with E-state index in [1.54, 1.807) is 7.11 Å². The van der Waals surface area contributed by atoms with Crippen LogP contribution in [0.4, 0.5) is 0 Å². The summed E-state index contributed by atoms with van der Waals surface area (Å²) in [5.41, 5.74) is 2.15. The van der Waals surface area contributed by atoms with Gasteiger partial charge in [-0.25, -0.2) is 0 Å². The lowest BCUT2D eigenvalue weighted by Gasteiger charge is -2.14. The van der Waals surface area contributed by atoms with Crippen LogP contribution in [0.2, 0.25) is 0 Å². The van der Waals surface area contributed by atoms with Gasteiger partial charge in [0.15, 0.2) is 5.16 Å². The maximum absolute atomic E-state index is 12.4. The van der Waals surface area contributed by atoms with E-state index in [2.05, 4.69) is 27.6 Å². The molecule has 29 heavy (non-hydrogen) atoms. The molecule has 7 heteroatoms. The number of hydrogen-bond donors (Lipinski definition) is 1. The monoisotopic (exact) mass is 410 g/mol. The summed E-state index contributed by atoms with van der Waals surface area (Å²) in [6, 6.07) is 20.2. The molecule has 0 spiro atoms. The quantitative estimate of drug-likeness (QED) is 0.409. The van der Waals surface area contributed by atoms with Crippen LogP contribution < -0.4 is 5.32 Å². The molecule has 0 saturated heterocycles. The number of nitrogens with zero attached hydrogens (tertiary/aromatic N) is 3. The van der Waals surface area contributed by atoms with E-state index in [-0.39, 0.29) is 11.2 Å². The zero-order valence-electron chi connectivity index (χ0n) is 16.7. The van der Waals surface area contributed by atoms with Crippen LogP contribution in [0.25, 0.3) is 5.69 Å². The molecule has 0 aliphatic heterocycles. The first-order chi connectivity index (χ1) is 14.2. The lowest BCUT2D eigenvalue weighted by molar-refractivity contribution is -0.120. The largest absolute Gasteiger partial charge is 0.385 e. The number of ether oxygens (including phenoxy) is 1. The number of methoxy groups -OCH3 is 1. The number of nitrogens with one attached hydrogen (secondary N) is 1. The van der Waals surface area contributed by atoms with Crippen LogP contribution >= 0.6 is 11.8 Å². The summed E-state index contributed by atoms with van der Waals surface area (Å²) in [6.07, 6.45) is 1.46. The molecular formula is C22H26N4O2S. The van der Waals surface area contributed by atoms with Gasteiger partial charge in [0.1, 0.15) is 5.82 Å². The standard InChI is InChI=1S/C22H26N4O2S/c1-17(21(27)23-14-9-15-28-2)29-22-25-24-20(16-18-10-5-3-6-11-18)26(22)19-12-7-4-8-13-19/h3-8,10-13,17H,9,14-16H2,1-2H3,(H,23,27). The summed E-state index contributed by atoms with van der Waals surface area (Å²) in [7, 11) is 1.66. The Morgan fingerprint density at radius 1 is 1.10 bits per heavy atom. The third-order valence-electron chi connectivity index (χ3n) is 4.40. The van der Waals surface area contributed by atoms with Gasteiger partial charge in [-0.05, 0) is 31.0 Å². The van der Waals surface area contributed by atoms with Crippen molar-refractivity contribution in [3.8, 4) is 5.69 Å². The summed E-state index contributed by atoms with van der Waals surface area (Å²) < 4.78 is 7.05. The van der Waals surface area contributed by atoms with Gasteiger partial charge in [0, 0.05) is 32.4 Å². The van der Waals surface area contributed by atoms with Crippen LogP contribution in [0, 0.1) is 0 Å². The minimum Gasteiger partial charge on any atom is -0.385 e. The van der Waals surface area contributed by atoms with Gasteiger partial charge < -0.3 is 10.1 Å². The number of rotatable bonds is 10. The smallest absolute Gasteiger partial charge is 0.233 e. The van der Waals surface area contributed by atoms with Gasteiger partial charge in [-0.1, -0.05) is 60.3 Å². The molecule has 2 aromatic carbocycles. The predicted molar refractivity (Wildman–Crippen MR) is 115 cm³/mol. The van der Waals surface area contributed by atoms with Crippen LogP contribution in [0.3, 0.4) is 0 Å². The van der Waals surface area contributed by atoms with E-state index in [9.17, 15) is 4.79 Å². The van der Waals surface area contributed by atoms with Crippen molar-refractivity contribution in [2.75, 3.05) is 20.3 Å². The van der Waals surface area contributed by atoms with Crippen LogP contribution in [0.5, 0.6) is 0 Å². The molecule has 6 nitrogen and oxygen atoms in total. The van der Waals surface area contributed by atoms with Crippen LogP contribution in [0.1, 0.15) is 24.7 Å². The summed E-state index contributed by atoms with van der Waals surface area (Å²) in [6.45, 7) is 3.12. The number of benzene rings is 2. The third kappa shape index (κ3) is 5.92. The van der Waals surface area contributed by atoms with Crippen molar-refractivity contribution >= 4 is 17.7 Å². The number of hydrogen-bond acceptors (Lipinski definition) is 5. The lowest BCUT2D eigenvalue weighted by atomic mass is 10.1.